The van der Waals surface area contributed by atoms with Crippen LogP contribution in [0.5, 0.6) is 0 Å². The second kappa shape index (κ2) is 11.6. The molecule has 1 fully saturated rings. The maximum absolute atomic E-state index is 13.8. The van der Waals surface area contributed by atoms with Crippen LogP contribution in [0.2, 0.25) is 5.02 Å². The lowest BCUT2D eigenvalue weighted by Crippen LogP contribution is -2.54. The molecule has 1 aliphatic carbocycles. The number of halogens is 1. The topological polar surface area (TPSA) is 83.4 Å². The van der Waals surface area contributed by atoms with Crippen molar-refractivity contribution in [1.82, 2.24) is 9.88 Å². The molecule has 1 aliphatic heterocycles. The first-order valence-corrected chi connectivity index (χ1v) is 15.6. The molecule has 3 heterocycles. The quantitative estimate of drug-likeness (QED) is 0.141. The van der Waals surface area contributed by atoms with E-state index in [1.54, 1.807) is 35.6 Å². The van der Waals surface area contributed by atoms with Gasteiger partial charge >= 0.3 is 0 Å². The van der Waals surface area contributed by atoms with Crippen LogP contribution in [0.4, 0.5) is 11.4 Å². The van der Waals surface area contributed by atoms with Gasteiger partial charge in [-0.15, -0.1) is 11.3 Å². The number of rotatable bonds is 5. The highest BCUT2D eigenvalue weighted by atomic mass is 35.5. The van der Waals surface area contributed by atoms with Gasteiger partial charge in [-0.05, 0) is 112 Å². The van der Waals surface area contributed by atoms with Gasteiger partial charge in [0.2, 0.25) is 0 Å². The predicted octanol–water partition coefficient (Wildman–Crippen LogP) is 7.08. The van der Waals surface area contributed by atoms with E-state index >= 15 is 0 Å². The van der Waals surface area contributed by atoms with Gasteiger partial charge in [0.15, 0.2) is 5.11 Å². The summed E-state index contributed by atoms with van der Waals surface area (Å²) in [4.78, 5) is 43.0. The molecule has 0 radical (unpaired) electrons. The SMILES string of the molecule is Cc1ccc(N2C(=O)/C(=C/c3cc(C)n(-c4sc5c(c4C(=O)Nc4ccccc4)CCCC5)c3C)C(=O)NC2=S)cc1Cl. The van der Waals surface area contributed by atoms with E-state index in [4.69, 9.17) is 23.8 Å². The number of hydrogen-bond acceptors (Lipinski definition) is 5. The highest BCUT2D eigenvalue weighted by molar-refractivity contribution is 7.80. The number of anilines is 2. The number of aromatic nitrogens is 1. The first-order valence-electron chi connectivity index (χ1n) is 14.0. The molecular weight excluding hydrogens is 600 g/mol. The summed E-state index contributed by atoms with van der Waals surface area (Å²) in [5, 5.41) is 7.05. The molecule has 2 N–H and O–H groups in total. The summed E-state index contributed by atoms with van der Waals surface area (Å²) in [6.07, 6.45) is 5.52. The smallest absolute Gasteiger partial charge is 0.270 e. The molecule has 0 saturated carbocycles. The second-order valence-electron chi connectivity index (χ2n) is 10.8. The molecule has 218 valence electrons. The second-order valence-corrected chi connectivity index (χ2v) is 12.6. The number of thiocarbonyl (C=S) groups is 1. The fraction of sp³-hybridized carbons (Fsp3) is 0.212. The zero-order valence-corrected chi connectivity index (χ0v) is 26.3. The number of aryl methyl sites for hydroxylation is 3. The number of nitrogens with zero attached hydrogens (tertiary/aromatic N) is 2. The van der Waals surface area contributed by atoms with Crippen molar-refractivity contribution in [3.05, 3.63) is 104 Å². The summed E-state index contributed by atoms with van der Waals surface area (Å²) in [7, 11) is 0. The van der Waals surface area contributed by atoms with E-state index in [0.717, 1.165) is 58.9 Å². The molecule has 1 saturated heterocycles. The Labute approximate surface area is 264 Å². The Kier molecular flexibility index (Phi) is 7.81. The van der Waals surface area contributed by atoms with Gasteiger partial charge in [-0.3, -0.25) is 24.6 Å². The lowest BCUT2D eigenvalue weighted by Gasteiger charge is -2.29. The number of thiophene rings is 1. The summed E-state index contributed by atoms with van der Waals surface area (Å²) in [6.45, 7) is 5.77. The van der Waals surface area contributed by atoms with Crippen molar-refractivity contribution in [1.29, 1.82) is 0 Å². The highest BCUT2D eigenvalue weighted by Crippen LogP contribution is 2.39. The minimum atomic E-state index is -0.566. The lowest BCUT2D eigenvalue weighted by atomic mass is 9.95. The zero-order valence-electron chi connectivity index (χ0n) is 23.9. The zero-order chi connectivity index (χ0) is 30.4. The van der Waals surface area contributed by atoms with E-state index in [0.29, 0.717) is 21.8 Å². The number of nitrogens with one attached hydrogen (secondary N) is 2. The number of benzene rings is 2. The average molecular weight is 629 g/mol. The van der Waals surface area contributed by atoms with E-state index in [-0.39, 0.29) is 16.6 Å². The third-order valence-corrected chi connectivity index (χ3v) is 9.87. The van der Waals surface area contributed by atoms with Crippen molar-refractivity contribution in [3.8, 4) is 5.00 Å². The Bertz CT molecular complexity index is 1860. The Balaban J connectivity index is 1.41. The number of carbonyl (C=O) groups excluding carboxylic acids is 3. The molecule has 2 aliphatic rings. The third kappa shape index (κ3) is 5.33. The average Bonchev–Trinajstić information content (AvgIpc) is 3.49. The number of para-hydroxylation sites is 1. The van der Waals surface area contributed by atoms with Crippen LogP contribution in [0.25, 0.3) is 11.1 Å². The van der Waals surface area contributed by atoms with Crippen molar-refractivity contribution >= 4 is 75.4 Å². The summed E-state index contributed by atoms with van der Waals surface area (Å²) in [5.74, 6) is -1.24. The molecule has 43 heavy (non-hydrogen) atoms. The number of fused-ring (bicyclic) bond motifs is 1. The molecular formula is C33H29ClN4O3S2. The Morgan fingerprint density at radius 1 is 1.05 bits per heavy atom. The molecule has 3 amide bonds. The molecule has 0 atom stereocenters. The number of carbonyl (C=O) groups is 3. The van der Waals surface area contributed by atoms with Crippen LogP contribution in [-0.2, 0) is 22.4 Å². The van der Waals surface area contributed by atoms with E-state index in [9.17, 15) is 14.4 Å². The van der Waals surface area contributed by atoms with E-state index in [2.05, 4.69) is 15.2 Å². The van der Waals surface area contributed by atoms with Crippen molar-refractivity contribution < 1.29 is 14.4 Å². The van der Waals surface area contributed by atoms with Gasteiger partial charge in [0, 0.05) is 27.0 Å². The summed E-state index contributed by atoms with van der Waals surface area (Å²) in [5.41, 5.74) is 6.22. The molecule has 0 spiro atoms. The number of amides is 3. The van der Waals surface area contributed by atoms with Crippen LogP contribution in [0, 0.1) is 20.8 Å². The minimum Gasteiger partial charge on any atom is -0.322 e. The molecule has 2 aromatic carbocycles. The number of hydrogen-bond donors (Lipinski definition) is 2. The minimum absolute atomic E-state index is 0.00391. The van der Waals surface area contributed by atoms with Crippen LogP contribution >= 0.6 is 35.2 Å². The third-order valence-electron chi connectivity index (χ3n) is 7.90. The predicted molar refractivity (Wildman–Crippen MR) is 177 cm³/mol. The van der Waals surface area contributed by atoms with E-state index in [1.165, 1.54) is 9.78 Å². The molecule has 7 nitrogen and oxygen atoms in total. The molecule has 0 unspecified atom stereocenters. The van der Waals surface area contributed by atoms with E-state index in [1.807, 2.05) is 57.2 Å². The molecule has 0 bridgehead atoms. The van der Waals surface area contributed by atoms with Crippen LogP contribution in [0.15, 0.2) is 60.2 Å². The van der Waals surface area contributed by atoms with Crippen molar-refractivity contribution in [3.63, 3.8) is 0 Å². The molecule has 4 aromatic rings. The first-order chi connectivity index (χ1) is 20.6. The van der Waals surface area contributed by atoms with Gasteiger partial charge in [-0.25, -0.2) is 0 Å². The largest absolute Gasteiger partial charge is 0.322 e. The van der Waals surface area contributed by atoms with Crippen molar-refractivity contribution in [2.75, 3.05) is 10.2 Å². The maximum Gasteiger partial charge on any atom is 0.270 e. The van der Waals surface area contributed by atoms with E-state index < -0.39 is 11.8 Å². The Morgan fingerprint density at radius 3 is 2.53 bits per heavy atom. The molecule has 10 heteroatoms. The van der Waals surface area contributed by atoms with Crippen molar-refractivity contribution in [2.24, 2.45) is 0 Å². The lowest BCUT2D eigenvalue weighted by molar-refractivity contribution is -0.122. The molecule has 2 aromatic heterocycles. The van der Waals surface area contributed by atoms with Crippen molar-refractivity contribution in [2.45, 2.75) is 46.5 Å². The first kappa shape index (κ1) is 29.0. The van der Waals surface area contributed by atoms with Gasteiger partial charge in [-0.1, -0.05) is 35.9 Å². The van der Waals surface area contributed by atoms with Gasteiger partial charge in [0.1, 0.15) is 10.6 Å². The van der Waals surface area contributed by atoms with Gasteiger partial charge in [0.25, 0.3) is 17.7 Å². The van der Waals surface area contributed by atoms with Crippen LogP contribution in [0.3, 0.4) is 0 Å². The van der Waals surface area contributed by atoms with Gasteiger partial charge in [-0.2, -0.15) is 0 Å². The Hall–Kier alpha value is -4.05. The van der Waals surface area contributed by atoms with Gasteiger partial charge in [0.05, 0.1) is 11.3 Å². The monoisotopic (exact) mass is 628 g/mol. The fourth-order valence-corrected chi connectivity index (χ4v) is 7.63. The maximum atomic E-state index is 13.8. The van der Waals surface area contributed by atoms with Gasteiger partial charge < -0.3 is 9.88 Å². The van der Waals surface area contributed by atoms with Crippen LogP contribution in [0.1, 0.15) is 56.2 Å². The Morgan fingerprint density at radius 2 is 1.79 bits per heavy atom. The summed E-state index contributed by atoms with van der Waals surface area (Å²) < 4.78 is 2.06. The summed E-state index contributed by atoms with van der Waals surface area (Å²) in [6, 6.07) is 16.6. The summed E-state index contributed by atoms with van der Waals surface area (Å²) >= 11 is 13.3. The van der Waals surface area contributed by atoms with Crippen LogP contribution < -0.4 is 15.5 Å². The van der Waals surface area contributed by atoms with Crippen LogP contribution in [-0.4, -0.2) is 27.4 Å². The molecule has 6 rings (SSSR count). The highest BCUT2D eigenvalue weighted by Gasteiger charge is 2.35. The fourth-order valence-electron chi connectivity index (χ4n) is 5.67. The normalized spacial score (nSPS) is 16.0. The standard InChI is InChI=1S/C33H29ClN4O3S2/c1-18-13-14-23(17-26(18)34)38-31(41)25(29(39)36-33(38)42)16-21-15-19(2)37(20(21)3)32-28(24-11-7-8-12-27(24)43-32)30(40)35-22-9-5-4-6-10-22/h4-6,9-10,13-17H,7-8,11-12H2,1-3H3,(H,35,40)(H,36,39,42)/b25-16+.